The lowest BCUT2D eigenvalue weighted by molar-refractivity contribution is -0.175. The Labute approximate surface area is 136 Å². The van der Waals surface area contributed by atoms with Crippen molar-refractivity contribution >= 4 is 8.80 Å². The van der Waals surface area contributed by atoms with E-state index in [4.69, 9.17) is 27.5 Å². The summed E-state index contributed by atoms with van der Waals surface area (Å²) in [5.41, 5.74) is 0. The first kappa shape index (κ1) is 21.7. The first-order valence-electron chi connectivity index (χ1n) is 7.92. The molecule has 0 saturated carbocycles. The Morgan fingerprint density at radius 2 is 1.09 bits per heavy atom. The summed E-state index contributed by atoms with van der Waals surface area (Å²) in [4.78, 5) is 0. The third-order valence-corrected chi connectivity index (χ3v) is 5.50. The Morgan fingerprint density at radius 3 is 1.32 bits per heavy atom. The van der Waals surface area contributed by atoms with Crippen molar-refractivity contribution in [3.8, 4) is 0 Å². The molecule has 0 fully saturated rings. The van der Waals surface area contributed by atoms with Crippen molar-refractivity contribution in [1.29, 1.82) is 0 Å². The summed E-state index contributed by atoms with van der Waals surface area (Å²) in [5.74, 6) is 0. The van der Waals surface area contributed by atoms with Gasteiger partial charge in [-0.3, -0.25) is 0 Å². The van der Waals surface area contributed by atoms with Crippen LogP contribution in [0.2, 0.25) is 6.04 Å². The molecule has 132 valence electrons. The van der Waals surface area contributed by atoms with E-state index >= 15 is 0 Å². The molecule has 0 amide bonds. The van der Waals surface area contributed by atoms with Gasteiger partial charge in [-0.15, -0.1) is 6.58 Å². The van der Waals surface area contributed by atoms with E-state index in [9.17, 15) is 0 Å². The van der Waals surface area contributed by atoms with Gasteiger partial charge >= 0.3 is 8.80 Å². The number of ether oxygens (including phenoxy) is 3. The van der Waals surface area contributed by atoms with Gasteiger partial charge in [-0.05, 0) is 41.5 Å². The topological polar surface area (TPSA) is 55.4 Å². The van der Waals surface area contributed by atoms with Crippen LogP contribution >= 0.6 is 0 Å². The molecule has 6 nitrogen and oxygen atoms in total. The molecule has 0 N–H and O–H groups in total. The molecular formula is C15H32O6Si. The Balaban J connectivity index is 5.09. The lowest BCUT2D eigenvalue weighted by atomic mass is 10.7. The Kier molecular flexibility index (Phi) is 12.0. The maximum Gasteiger partial charge on any atom is 0.510 e. The molecule has 0 aliphatic rings. The zero-order chi connectivity index (χ0) is 17.0. The molecule has 0 saturated heterocycles. The predicted molar refractivity (Wildman–Crippen MR) is 87.3 cm³/mol. The van der Waals surface area contributed by atoms with Gasteiger partial charge < -0.3 is 27.5 Å². The van der Waals surface area contributed by atoms with Crippen molar-refractivity contribution < 1.29 is 27.5 Å². The van der Waals surface area contributed by atoms with E-state index in [1.165, 1.54) is 0 Å². The number of hydrogen-bond donors (Lipinski definition) is 0. The molecule has 0 bridgehead atoms. The molecule has 0 heterocycles. The van der Waals surface area contributed by atoms with Crippen LogP contribution in [0.3, 0.4) is 0 Å². The zero-order valence-electron chi connectivity index (χ0n) is 14.8. The largest absolute Gasteiger partial charge is 0.510 e. The third kappa shape index (κ3) is 8.99. The Hall–Kier alpha value is -0.283. The standard InChI is InChI=1S/C15H32O6Si/c1-8-12-22(19-13(5)16-9-2,20-14(6)17-10-3)21-15(7)18-11-4/h8,13-15H,1,9-12H2,2-7H3. The van der Waals surface area contributed by atoms with Crippen molar-refractivity contribution in [2.45, 2.75) is 66.5 Å². The lowest BCUT2D eigenvalue weighted by Gasteiger charge is -2.35. The van der Waals surface area contributed by atoms with Crippen molar-refractivity contribution in [2.75, 3.05) is 19.8 Å². The van der Waals surface area contributed by atoms with E-state index in [0.29, 0.717) is 25.9 Å². The predicted octanol–water partition coefficient (Wildman–Crippen LogP) is 3.31. The third-order valence-electron chi connectivity index (χ3n) is 2.64. The van der Waals surface area contributed by atoms with Gasteiger partial charge in [0.2, 0.25) is 0 Å². The van der Waals surface area contributed by atoms with E-state index in [0.717, 1.165) is 0 Å². The Bertz CT molecular complexity index is 253. The second-order valence-electron chi connectivity index (χ2n) is 4.60. The molecule has 0 rings (SSSR count). The quantitative estimate of drug-likeness (QED) is 0.276. The molecule has 0 aliphatic heterocycles. The van der Waals surface area contributed by atoms with Gasteiger partial charge in [0.25, 0.3) is 0 Å². The van der Waals surface area contributed by atoms with Gasteiger partial charge in [-0.2, -0.15) is 0 Å². The first-order valence-corrected chi connectivity index (χ1v) is 9.85. The average Bonchev–Trinajstić information content (AvgIpc) is 2.39. The van der Waals surface area contributed by atoms with Crippen LogP contribution in [0.5, 0.6) is 0 Å². The van der Waals surface area contributed by atoms with Crippen LogP contribution in [0.4, 0.5) is 0 Å². The van der Waals surface area contributed by atoms with Crippen LogP contribution in [0.25, 0.3) is 0 Å². The second-order valence-corrected chi connectivity index (χ2v) is 7.08. The maximum absolute atomic E-state index is 5.99. The molecule has 0 radical (unpaired) electrons. The SMILES string of the molecule is C=CC[Si](OC(C)OCC)(OC(C)OCC)OC(C)OCC. The number of allylic oxidation sites excluding steroid dienone is 1. The van der Waals surface area contributed by atoms with Crippen molar-refractivity contribution in [1.82, 2.24) is 0 Å². The van der Waals surface area contributed by atoms with E-state index < -0.39 is 27.7 Å². The molecule has 7 heteroatoms. The second kappa shape index (κ2) is 12.2. The molecular weight excluding hydrogens is 304 g/mol. The van der Waals surface area contributed by atoms with E-state index in [1.54, 1.807) is 6.08 Å². The van der Waals surface area contributed by atoms with Gasteiger partial charge in [0.15, 0.2) is 0 Å². The molecule has 3 atom stereocenters. The van der Waals surface area contributed by atoms with Crippen molar-refractivity contribution in [3.63, 3.8) is 0 Å². The molecule has 0 spiro atoms. The minimum atomic E-state index is -3.09. The van der Waals surface area contributed by atoms with Crippen molar-refractivity contribution in [2.24, 2.45) is 0 Å². The summed E-state index contributed by atoms with van der Waals surface area (Å²) in [7, 11) is -3.09. The molecule has 22 heavy (non-hydrogen) atoms. The fourth-order valence-electron chi connectivity index (χ4n) is 1.97. The highest BCUT2D eigenvalue weighted by molar-refractivity contribution is 6.61. The van der Waals surface area contributed by atoms with Gasteiger partial charge in [-0.1, -0.05) is 6.08 Å². The fraction of sp³-hybridized carbons (Fsp3) is 0.867. The van der Waals surface area contributed by atoms with Crippen LogP contribution in [-0.4, -0.2) is 47.5 Å². The summed E-state index contributed by atoms with van der Waals surface area (Å²) >= 11 is 0. The fourth-order valence-corrected chi connectivity index (χ4v) is 4.50. The minimum Gasteiger partial charge on any atom is -0.354 e. The highest BCUT2D eigenvalue weighted by Gasteiger charge is 2.45. The first-order chi connectivity index (χ1) is 10.4. The maximum atomic E-state index is 5.99. The summed E-state index contributed by atoms with van der Waals surface area (Å²) < 4.78 is 34.4. The molecule has 0 aliphatic carbocycles. The highest BCUT2D eigenvalue weighted by Crippen LogP contribution is 2.23. The monoisotopic (exact) mass is 336 g/mol. The molecule has 0 aromatic rings. The smallest absolute Gasteiger partial charge is 0.354 e. The summed E-state index contributed by atoms with van der Waals surface area (Å²) in [6.45, 7) is 16.6. The molecule has 0 aromatic carbocycles. The molecule has 0 aromatic heterocycles. The zero-order valence-corrected chi connectivity index (χ0v) is 15.8. The van der Waals surface area contributed by atoms with Crippen LogP contribution in [-0.2, 0) is 27.5 Å². The van der Waals surface area contributed by atoms with E-state index in [2.05, 4.69) is 6.58 Å². The summed E-state index contributed by atoms with van der Waals surface area (Å²) in [6.07, 6.45) is 0.389. The van der Waals surface area contributed by atoms with Gasteiger partial charge in [-0.25, -0.2) is 0 Å². The van der Waals surface area contributed by atoms with Crippen LogP contribution in [0.15, 0.2) is 12.7 Å². The number of rotatable bonds is 14. The van der Waals surface area contributed by atoms with Gasteiger partial charge in [0.05, 0.1) is 0 Å². The Morgan fingerprint density at radius 1 is 0.773 bits per heavy atom. The number of hydrogen-bond acceptors (Lipinski definition) is 6. The normalized spacial score (nSPS) is 18.5. The van der Waals surface area contributed by atoms with Crippen LogP contribution in [0.1, 0.15) is 41.5 Å². The summed E-state index contributed by atoms with van der Waals surface area (Å²) in [6, 6.07) is 0.444. The molecule has 3 unspecified atom stereocenters. The van der Waals surface area contributed by atoms with Gasteiger partial charge in [0.1, 0.15) is 18.9 Å². The van der Waals surface area contributed by atoms with E-state index in [-0.39, 0.29) is 0 Å². The van der Waals surface area contributed by atoms with E-state index in [1.807, 2.05) is 41.5 Å². The van der Waals surface area contributed by atoms with Crippen LogP contribution < -0.4 is 0 Å². The highest BCUT2D eigenvalue weighted by atomic mass is 28.4. The minimum absolute atomic E-state index is 0.444. The van der Waals surface area contributed by atoms with Crippen LogP contribution in [0, 0.1) is 0 Å². The lowest BCUT2D eigenvalue weighted by Crippen LogP contribution is -2.52. The average molecular weight is 337 g/mol. The summed E-state index contributed by atoms with van der Waals surface area (Å²) in [5, 5.41) is 0. The van der Waals surface area contributed by atoms with Gasteiger partial charge in [0, 0.05) is 25.9 Å². The van der Waals surface area contributed by atoms with Crippen molar-refractivity contribution in [3.05, 3.63) is 12.7 Å².